The summed E-state index contributed by atoms with van der Waals surface area (Å²) < 4.78 is 6.10. The highest BCUT2D eigenvalue weighted by molar-refractivity contribution is 5.89. The van der Waals surface area contributed by atoms with E-state index in [4.69, 9.17) is 4.74 Å². The number of ether oxygens (including phenoxy) is 1. The van der Waals surface area contributed by atoms with Gasteiger partial charge in [0.15, 0.2) is 0 Å². The van der Waals surface area contributed by atoms with E-state index < -0.39 is 0 Å². The first-order valence-corrected chi connectivity index (χ1v) is 8.34. The van der Waals surface area contributed by atoms with Crippen LogP contribution in [0, 0.1) is 30.6 Å². The van der Waals surface area contributed by atoms with Crippen LogP contribution in [0.3, 0.4) is 0 Å². The molecule has 0 aromatic heterocycles. The van der Waals surface area contributed by atoms with E-state index >= 15 is 0 Å². The first-order chi connectivity index (χ1) is 10.0. The summed E-state index contributed by atoms with van der Waals surface area (Å²) in [5.41, 5.74) is 1.64. The van der Waals surface area contributed by atoms with Crippen LogP contribution >= 0.6 is 0 Å². The van der Waals surface area contributed by atoms with Gasteiger partial charge in [-0.15, -0.1) is 0 Å². The Bertz CT molecular complexity index is 529. The molecule has 4 bridgehead atoms. The number of esters is 1. The highest BCUT2D eigenvalue weighted by Gasteiger charge is 2.57. The average molecular weight is 284 g/mol. The zero-order valence-corrected chi connectivity index (χ0v) is 13.0. The summed E-state index contributed by atoms with van der Waals surface area (Å²) in [5, 5.41) is 0. The fourth-order valence-electron chi connectivity index (χ4n) is 5.24. The zero-order valence-electron chi connectivity index (χ0n) is 13.0. The van der Waals surface area contributed by atoms with Crippen molar-refractivity contribution >= 4 is 5.97 Å². The summed E-state index contributed by atoms with van der Waals surface area (Å²) in [6.07, 6.45) is 6.50. The summed E-state index contributed by atoms with van der Waals surface area (Å²) in [5.74, 6) is 2.84. The lowest BCUT2D eigenvalue weighted by molar-refractivity contribution is -0.165. The minimum atomic E-state index is -0.227. The van der Waals surface area contributed by atoms with Crippen LogP contribution < -0.4 is 0 Å². The summed E-state index contributed by atoms with van der Waals surface area (Å²) in [4.78, 5) is 12.5. The lowest BCUT2D eigenvalue weighted by Crippen LogP contribution is -2.58. The molecule has 1 aromatic rings. The van der Waals surface area contributed by atoms with Crippen LogP contribution in [-0.2, 0) is 4.74 Å². The lowest BCUT2D eigenvalue weighted by Gasteiger charge is -2.59. The van der Waals surface area contributed by atoms with Crippen molar-refractivity contribution in [3.63, 3.8) is 0 Å². The number of carbonyl (C=O) groups is 1. The largest absolute Gasteiger partial charge is 0.455 e. The SMILES string of the molecule is Cc1ccc(C(=O)OC2(C)C3CC4CC(C3)CC2C4)cc1. The standard InChI is InChI=1S/C19H24O2/c1-12-3-5-15(6-4-12)18(20)21-19(2)16-8-13-7-14(10-16)11-17(19)9-13/h3-6,13-14,16-17H,7-11H2,1-2H3. The average Bonchev–Trinajstić information content (AvgIpc) is 2.45. The van der Waals surface area contributed by atoms with Crippen LogP contribution in [0.5, 0.6) is 0 Å². The van der Waals surface area contributed by atoms with Gasteiger partial charge in [-0.25, -0.2) is 4.79 Å². The Morgan fingerprint density at radius 2 is 1.52 bits per heavy atom. The quantitative estimate of drug-likeness (QED) is 0.754. The number of hydrogen-bond acceptors (Lipinski definition) is 2. The van der Waals surface area contributed by atoms with Crippen LogP contribution in [0.1, 0.15) is 54.9 Å². The van der Waals surface area contributed by atoms with Gasteiger partial charge < -0.3 is 4.74 Å². The molecule has 2 heteroatoms. The molecule has 0 atom stereocenters. The Balaban J connectivity index is 1.56. The highest BCUT2D eigenvalue weighted by atomic mass is 16.6. The third-order valence-electron chi connectivity index (χ3n) is 6.36. The van der Waals surface area contributed by atoms with E-state index in [-0.39, 0.29) is 11.6 Å². The monoisotopic (exact) mass is 284 g/mol. The van der Waals surface area contributed by atoms with Crippen molar-refractivity contribution in [1.29, 1.82) is 0 Å². The van der Waals surface area contributed by atoms with Crippen molar-refractivity contribution in [3.8, 4) is 0 Å². The first-order valence-electron chi connectivity index (χ1n) is 8.34. The Morgan fingerprint density at radius 3 is 2.05 bits per heavy atom. The Morgan fingerprint density at radius 1 is 1.00 bits per heavy atom. The molecule has 4 aliphatic carbocycles. The minimum Gasteiger partial charge on any atom is -0.455 e. The molecule has 21 heavy (non-hydrogen) atoms. The van der Waals surface area contributed by atoms with Gasteiger partial charge >= 0.3 is 5.97 Å². The van der Waals surface area contributed by atoms with Crippen molar-refractivity contribution in [2.24, 2.45) is 23.7 Å². The van der Waals surface area contributed by atoms with Gasteiger partial charge in [0.1, 0.15) is 5.60 Å². The van der Waals surface area contributed by atoms with Crippen LogP contribution in [0.2, 0.25) is 0 Å². The molecule has 0 radical (unpaired) electrons. The highest BCUT2D eigenvalue weighted by Crippen LogP contribution is 2.59. The van der Waals surface area contributed by atoms with E-state index in [0.717, 1.165) is 11.8 Å². The van der Waals surface area contributed by atoms with E-state index in [9.17, 15) is 4.79 Å². The molecule has 0 spiro atoms. The predicted molar refractivity (Wildman–Crippen MR) is 82.0 cm³/mol. The lowest BCUT2D eigenvalue weighted by atomic mass is 9.50. The number of aryl methyl sites for hydroxylation is 1. The molecule has 2 nitrogen and oxygen atoms in total. The second-order valence-corrected chi connectivity index (χ2v) is 7.74. The normalized spacial score (nSPS) is 40.3. The van der Waals surface area contributed by atoms with Crippen LogP contribution in [-0.4, -0.2) is 11.6 Å². The molecule has 4 fully saturated rings. The molecular formula is C19H24O2. The van der Waals surface area contributed by atoms with Crippen molar-refractivity contribution in [1.82, 2.24) is 0 Å². The fourth-order valence-corrected chi connectivity index (χ4v) is 5.24. The first kappa shape index (κ1) is 13.4. The van der Waals surface area contributed by atoms with Gasteiger partial charge in [0.25, 0.3) is 0 Å². The third-order valence-corrected chi connectivity index (χ3v) is 6.36. The second-order valence-electron chi connectivity index (χ2n) is 7.74. The van der Waals surface area contributed by atoms with Gasteiger partial charge in [-0.1, -0.05) is 17.7 Å². The number of benzene rings is 1. The summed E-state index contributed by atoms with van der Waals surface area (Å²) in [6.45, 7) is 4.24. The minimum absolute atomic E-state index is 0.134. The molecule has 1 aromatic carbocycles. The summed E-state index contributed by atoms with van der Waals surface area (Å²) in [6, 6.07) is 7.74. The fraction of sp³-hybridized carbons (Fsp3) is 0.632. The zero-order chi connectivity index (χ0) is 14.6. The molecule has 0 amide bonds. The Hall–Kier alpha value is -1.31. The Kier molecular flexibility index (Phi) is 2.92. The number of rotatable bonds is 2. The van der Waals surface area contributed by atoms with Gasteiger partial charge in [-0.05, 0) is 81.8 Å². The van der Waals surface area contributed by atoms with E-state index in [2.05, 4.69) is 6.92 Å². The second kappa shape index (κ2) is 4.59. The van der Waals surface area contributed by atoms with Crippen molar-refractivity contribution in [2.75, 3.05) is 0 Å². The Labute approximate surface area is 126 Å². The molecule has 0 N–H and O–H groups in total. The van der Waals surface area contributed by atoms with E-state index in [1.165, 1.54) is 37.7 Å². The van der Waals surface area contributed by atoms with Crippen molar-refractivity contribution < 1.29 is 9.53 Å². The molecule has 5 rings (SSSR count). The molecule has 0 unspecified atom stereocenters. The van der Waals surface area contributed by atoms with Crippen molar-refractivity contribution in [3.05, 3.63) is 35.4 Å². The van der Waals surface area contributed by atoms with Gasteiger partial charge in [0, 0.05) is 0 Å². The smallest absolute Gasteiger partial charge is 0.338 e. The number of carbonyl (C=O) groups excluding carboxylic acids is 1. The summed E-state index contributed by atoms with van der Waals surface area (Å²) >= 11 is 0. The van der Waals surface area contributed by atoms with Crippen LogP contribution in [0.15, 0.2) is 24.3 Å². The van der Waals surface area contributed by atoms with Gasteiger partial charge in [0.05, 0.1) is 5.56 Å². The molecular weight excluding hydrogens is 260 g/mol. The van der Waals surface area contributed by atoms with E-state index in [0.29, 0.717) is 17.4 Å². The molecule has 0 saturated heterocycles. The molecule has 112 valence electrons. The van der Waals surface area contributed by atoms with E-state index in [1.807, 2.05) is 31.2 Å². The summed E-state index contributed by atoms with van der Waals surface area (Å²) in [7, 11) is 0. The van der Waals surface area contributed by atoms with Crippen molar-refractivity contribution in [2.45, 2.75) is 51.6 Å². The number of hydrogen-bond donors (Lipinski definition) is 0. The predicted octanol–water partition coefficient (Wildman–Crippen LogP) is 4.37. The van der Waals surface area contributed by atoms with Crippen LogP contribution in [0.25, 0.3) is 0 Å². The molecule has 0 heterocycles. The van der Waals surface area contributed by atoms with Gasteiger partial charge in [-0.2, -0.15) is 0 Å². The maximum atomic E-state index is 12.5. The maximum Gasteiger partial charge on any atom is 0.338 e. The molecule has 0 aliphatic heterocycles. The van der Waals surface area contributed by atoms with Crippen LogP contribution in [0.4, 0.5) is 0 Å². The maximum absolute atomic E-state index is 12.5. The van der Waals surface area contributed by atoms with Gasteiger partial charge in [0.2, 0.25) is 0 Å². The van der Waals surface area contributed by atoms with Gasteiger partial charge in [-0.3, -0.25) is 0 Å². The third kappa shape index (κ3) is 2.11. The molecule has 4 aliphatic rings. The molecule has 4 saturated carbocycles. The topological polar surface area (TPSA) is 26.3 Å². The van der Waals surface area contributed by atoms with E-state index in [1.54, 1.807) is 0 Å².